The maximum Gasteiger partial charge on any atom is 0.254 e. The Morgan fingerprint density at radius 1 is 1.18 bits per heavy atom. The molecule has 1 heterocycles. The first kappa shape index (κ1) is 29.6. The molecule has 2 aliphatic rings. The lowest BCUT2D eigenvalue weighted by Gasteiger charge is -2.38. The van der Waals surface area contributed by atoms with Crippen molar-refractivity contribution in [2.24, 2.45) is 11.3 Å². The predicted octanol–water partition coefficient (Wildman–Crippen LogP) is 1.22. The van der Waals surface area contributed by atoms with Gasteiger partial charge in [-0.3, -0.25) is 9.59 Å². The molecule has 3 atom stereocenters. The number of hydrogen-bond donors (Lipinski definition) is 1. The van der Waals surface area contributed by atoms with Crippen molar-refractivity contribution in [2.45, 2.75) is 42.7 Å². The number of Topliss-reactive ketones (excluding diaryl/α,β-unsaturated/α-hetero) is 1. The Balaban J connectivity index is 1.77. The summed E-state index contributed by atoms with van der Waals surface area (Å²) in [5, 5.41) is 12.0. The van der Waals surface area contributed by atoms with Crippen LogP contribution in [0, 0.1) is 22.8 Å². The number of carbonyl (C=O) groups excluding carboxylic acids is 2. The number of benzene rings is 1. The fourth-order valence-electron chi connectivity index (χ4n) is 6.65. The van der Waals surface area contributed by atoms with Gasteiger partial charge in [0.25, 0.3) is 5.91 Å². The van der Waals surface area contributed by atoms with Crippen LogP contribution in [0.4, 0.5) is 0 Å². The number of hydrogen-bond acceptors (Lipinski definition) is 10. The van der Waals surface area contributed by atoms with Crippen molar-refractivity contribution in [1.29, 1.82) is 5.26 Å². The van der Waals surface area contributed by atoms with E-state index in [4.69, 9.17) is 0 Å². The Bertz CT molecular complexity index is 1670. The Kier molecular flexibility index (Phi) is 7.52. The second-order valence-electron chi connectivity index (χ2n) is 10.2. The van der Waals surface area contributed by atoms with Crippen LogP contribution in [0.25, 0.3) is 10.1 Å². The summed E-state index contributed by atoms with van der Waals surface area (Å²) >= 11 is 1.40. The molecule has 2 aliphatic carbocycles. The number of likely N-dealkylation sites (N-methyl/N-ethyl adjacent to an activating group) is 1. The summed E-state index contributed by atoms with van der Waals surface area (Å²) in [6.07, 6.45) is 2.52. The van der Waals surface area contributed by atoms with Crippen molar-refractivity contribution in [3.8, 4) is 6.19 Å². The highest BCUT2D eigenvalue weighted by Crippen LogP contribution is 2.64. The molecule has 3 unspecified atom stereocenters. The maximum atomic E-state index is 13.7. The molecule has 0 aliphatic heterocycles. The molecule has 1 aromatic carbocycles. The van der Waals surface area contributed by atoms with E-state index in [9.17, 15) is 40.1 Å². The van der Waals surface area contributed by atoms with E-state index >= 15 is 0 Å². The largest absolute Gasteiger partial charge is 0.299 e. The topological polar surface area (TPSA) is 176 Å². The number of sulfone groups is 2. The van der Waals surface area contributed by atoms with Crippen LogP contribution in [0.1, 0.15) is 31.7 Å². The van der Waals surface area contributed by atoms with Gasteiger partial charge in [-0.2, -0.15) is 5.26 Å². The van der Waals surface area contributed by atoms with Crippen LogP contribution in [0.2, 0.25) is 0 Å². The van der Waals surface area contributed by atoms with Crippen LogP contribution in [0.5, 0.6) is 0 Å². The minimum atomic E-state index is -4.64. The molecule has 2 fully saturated rings. The number of rotatable bonds is 10. The zero-order valence-corrected chi connectivity index (χ0v) is 24.8. The Hall–Kier alpha value is -2.38. The second-order valence-corrected chi connectivity index (χ2v) is 17.5. The van der Waals surface area contributed by atoms with Gasteiger partial charge in [0.1, 0.15) is 11.8 Å². The summed E-state index contributed by atoms with van der Waals surface area (Å²) in [5.74, 6) is -3.73. The smallest absolute Gasteiger partial charge is 0.254 e. The highest BCUT2D eigenvalue weighted by molar-refractivity contribution is 8.10. The maximum absolute atomic E-state index is 13.7. The number of carbonyl (C=O) groups is 2. The Morgan fingerprint density at radius 2 is 1.82 bits per heavy atom. The van der Waals surface area contributed by atoms with Crippen LogP contribution in [0.15, 0.2) is 29.6 Å². The van der Waals surface area contributed by atoms with Crippen LogP contribution >= 0.6 is 11.3 Å². The number of thiophene rings is 1. The summed E-state index contributed by atoms with van der Waals surface area (Å²) in [5.41, 5.74) is -1.56. The van der Waals surface area contributed by atoms with Gasteiger partial charge >= 0.3 is 0 Å². The molecule has 2 saturated carbocycles. The summed E-state index contributed by atoms with van der Waals surface area (Å²) in [4.78, 5) is 27.3. The van der Waals surface area contributed by atoms with E-state index in [-0.39, 0.29) is 32.2 Å². The van der Waals surface area contributed by atoms with Gasteiger partial charge in [-0.25, -0.2) is 34.9 Å². The fraction of sp³-hybridized carbons (Fsp3) is 0.542. The molecule has 2 bridgehead atoms. The van der Waals surface area contributed by atoms with E-state index in [2.05, 4.69) is 4.72 Å². The molecule has 4 rings (SSSR count). The number of amides is 1. The molecule has 2 aromatic rings. The van der Waals surface area contributed by atoms with E-state index in [1.54, 1.807) is 24.6 Å². The highest BCUT2D eigenvalue weighted by Gasteiger charge is 2.79. The third-order valence-corrected chi connectivity index (χ3v) is 15.9. The molecule has 0 spiro atoms. The molecule has 15 heteroatoms. The predicted molar refractivity (Wildman–Crippen MR) is 146 cm³/mol. The molecule has 212 valence electrons. The number of sulfonamides is 1. The van der Waals surface area contributed by atoms with E-state index < -0.39 is 68.6 Å². The second kappa shape index (κ2) is 9.91. The minimum absolute atomic E-state index is 0.0205. The normalized spacial score (nSPS) is 23.5. The van der Waals surface area contributed by atoms with Crippen LogP contribution in [0.3, 0.4) is 0 Å². The number of nitriles is 1. The first-order chi connectivity index (χ1) is 18.0. The summed E-state index contributed by atoms with van der Waals surface area (Å²) in [7, 11) is -13.6. The number of fused-ring (bicyclic) bond motifs is 3. The summed E-state index contributed by atoms with van der Waals surface area (Å²) in [6, 6.07) is 5.87. The third kappa shape index (κ3) is 4.59. The molecule has 0 saturated heterocycles. The van der Waals surface area contributed by atoms with Crippen molar-refractivity contribution in [1.82, 2.24) is 9.62 Å². The van der Waals surface area contributed by atoms with E-state index in [1.165, 1.54) is 11.3 Å². The van der Waals surface area contributed by atoms with Gasteiger partial charge in [0.05, 0.1) is 11.2 Å². The zero-order chi connectivity index (χ0) is 29.0. The lowest BCUT2D eigenvalue weighted by Crippen LogP contribution is -2.61. The highest BCUT2D eigenvalue weighted by atomic mass is 32.3. The first-order valence-corrected chi connectivity index (χ1v) is 18.4. The molecule has 1 N–H and O–H groups in total. The fourth-order valence-corrected chi connectivity index (χ4v) is 15.5. The molecule has 0 radical (unpaired) electrons. The zero-order valence-electron chi connectivity index (χ0n) is 21.6. The minimum Gasteiger partial charge on any atom is -0.299 e. The van der Waals surface area contributed by atoms with Crippen LogP contribution in [-0.2, 0) is 45.7 Å². The Labute approximate surface area is 232 Å². The van der Waals surface area contributed by atoms with Crippen LogP contribution < -0.4 is 4.72 Å². The number of nitrogens with zero attached hydrogens (tertiary/aromatic N) is 2. The number of nitrogens with one attached hydrogen (secondary N) is 1. The Morgan fingerprint density at radius 3 is 2.38 bits per heavy atom. The van der Waals surface area contributed by atoms with Crippen molar-refractivity contribution < 1.29 is 34.8 Å². The summed E-state index contributed by atoms with van der Waals surface area (Å²) < 4.78 is 80.3. The third-order valence-electron chi connectivity index (χ3n) is 7.94. The molecular weight excluding hydrogens is 587 g/mol. The van der Waals surface area contributed by atoms with Crippen LogP contribution in [-0.4, -0.2) is 76.8 Å². The van der Waals surface area contributed by atoms with Gasteiger partial charge in [-0.1, -0.05) is 18.2 Å². The van der Waals surface area contributed by atoms with E-state index in [1.807, 2.05) is 18.2 Å². The van der Waals surface area contributed by atoms with Crippen molar-refractivity contribution in [3.05, 3.63) is 35.2 Å². The van der Waals surface area contributed by atoms with Crippen molar-refractivity contribution >= 4 is 62.8 Å². The average Bonchev–Trinajstić information content (AvgIpc) is 3.45. The summed E-state index contributed by atoms with van der Waals surface area (Å²) in [6.45, 7) is 1.53. The molecule has 11 nitrogen and oxygen atoms in total. The van der Waals surface area contributed by atoms with Gasteiger partial charge < -0.3 is 0 Å². The van der Waals surface area contributed by atoms with Gasteiger partial charge in [0, 0.05) is 36.1 Å². The average molecular weight is 616 g/mol. The lowest BCUT2D eigenvalue weighted by molar-refractivity contribution is -0.129. The van der Waals surface area contributed by atoms with Crippen molar-refractivity contribution in [3.63, 3.8) is 0 Å². The quantitative estimate of drug-likeness (QED) is 0.304. The SMILES string of the molecule is CCN(C#N)C(=O)C(Cc1csc2ccccc12)NS(=O)(=O)CC12CCC(CC1=O)C2(S(C)(=O)=O)S(C)(=O)=O. The molecule has 1 amide bonds. The van der Waals surface area contributed by atoms with E-state index in [0.717, 1.165) is 27.5 Å². The first-order valence-electron chi connectivity index (χ1n) is 12.1. The monoisotopic (exact) mass is 615 g/mol. The van der Waals surface area contributed by atoms with E-state index in [0.29, 0.717) is 5.56 Å². The number of ketones is 1. The van der Waals surface area contributed by atoms with Gasteiger partial charge in [0.2, 0.25) is 10.0 Å². The van der Waals surface area contributed by atoms with Crippen molar-refractivity contribution in [2.75, 3.05) is 24.8 Å². The molecular formula is C24H29N3O8S4. The molecule has 1 aromatic heterocycles. The molecule has 39 heavy (non-hydrogen) atoms. The lowest BCUT2D eigenvalue weighted by atomic mass is 9.85. The van der Waals surface area contributed by atoms with Gasteiger partial charge in [-0.05, 0) is 48.6 Å². The van der Waals surface area contributed by atoms with Gasteiger partial charge in [0.15, 0.2) is 29.9 Å². The standard InChI is InChI=1S/C24H29N3O8S4/c1-4-27(15-25)22(29)19(11-16-13-36-20-8-6-5-7-18(16)20)26-39(34,35)14-23-10-9-17(12-21(23)28)24(23,37(2,30)31)38(3,32)33/h5-8,13,17,19,26H,4,9-12,14H2,1-3H3. The van der Waals surface area contributed by atoms with Gasteiger partial charge in [-0.15, -0.1) is 11.3 Å².